The molecule has 166 valence electrons. The predicted octanol–water partition coefficient (Wildman–Crippen LogP) is 1.82. The number of halogens is 1. The van der Waals surface area contributed by atoms with Crippen molar-refractivity contribution in [1.29, 1.82) is 0 Å². The summed E-state index contributed by atoms with van der Waals surface area (Å²) in [5.74, 6) is 0.476. The van der Waals surface area contributed by atoms with E-state index < -0.39 is 47.5 Å². The van der Waals surface area contributed by atoms with Crippen LogP contribution in [0.15, 0.2) is 48.5 Å². The van der Waals surface area contributed by atoms with Crippen LogP contribution in [0.2, 0.25) is 5.02 Å². The fraction of sp³-hybridized carbons (Fsp3) is 0.316. The Kier molecular flexibility index (Phi) is 7.59. The van der Waals surface area contributed by atoms with E-state index in [1.807, 2.05) is 0 Å². The highest BCUT2D eigenvalue weighted by atomic mass is 35.5. The van der Waals surface area contributed by atoms with Gasteiger partial charge in [-0.1, -0.05) is 11.6 Å². The molecule has 12 heteroatoms. The molecule has 0 spiro atoms. The number of aliphatic hydroxyl groups excluding tert-OH is 3. The summed E-state index contributed by atoms with van der Waals surface area (Å²) in [5, 5.41) is 41.3. The normalized spacial score (nSPS) is 25.5. The van der Waals surface area contributed by atoms with Crippen LogP contribution in [-0.4, -0.2) is 62.8 Å². The van der Waals surface area contributed by atoms with E-state index in [0.717, 1.165) is 0 Å². The van der Waals surface area contributed by atoms with Crippen LogP contribution in [0, 0.1) is 10.1 Å². The van der Waals surface area contributed by atoms with E-state index in [-0.39, 0.29) is 11.4 Å². The number of hydrogen-bond acceptors (Lipinski definition) is 10. The maximum absolute atomic E-state index is 10.7. The second-order valence-corrected chi connectivity index (χ2v) is 7.23. The van der Waals surface area contributed by atoms with Crippen LogP contribution in [0.1, 0.15) is 0 Å². The van der Waals surface area contributed by atoms with Gasteiger partial charge in [-0.2, -0.15) is 0 Å². The number of non-ortho nitro benzene ring substituents is 1. The molecule has 2 aromatic carbocycles. The number of nitro groups is 1. The third-order valence-electron chi connectivity index (χ3n) is 4.37. The second kappa shape index (κ2) is 10.2. The first-order valence-corrected chi connectivity index (χ1v) is 9.74. The van der Waals surface area contributed by atoms with Crippen molar-refractivity contribution in [2.75, 3.05) is 6.61 Å². The number of rotatable bonds is 6. The van der Waals surface area contributed by atoms with E-state index in [9.17, 15) is 25.4 Å². The summed E-state index contributed by atoms with van der Waals surface area (Å²) in [6, 6.07) is 11.3. The van der Waals surface area contributed by atoms with Crippen LogP contribution in [0.5, 0.6) is 11.5 Å². The van der Waals surface area contributed by atoms with E-state index in [1.165, 1.54) is 24.3 Å². The number of aliphatic hydroxyl groups is 3. The molecule has 0 amide bonds. The molecule has 0 bridgehead atoms. The standard InChI is InChI=1S/C19H18ClNO9S/c20-10-1-5-12(6-2-10)27-18-16(24)17(15(23)14(9-22)29-18)30-19(31)28-13-7-3-11(4-8-13)21(25)26/h1-8,14-18,22-24H,9H2/t14-,15-,16+,17+,18-/m1/s1. The lowest BCUT2D eigenvalue weighted by Gasteiger charge is -2.41. The van der Waals surface area contributed by atoms with E-state index in [2.05, 4.69) is 0 Å². The molecule has 0 radical (unpaired) electrons. The number of ether oxygens (including phenoxy) is 4. The molecule has 3 rings (SSSR count). The van der Waals surface area contributed by atoms with E-state index in [0.29, 0.717) is 10.8 Å². The molecule has 0 aromatic heterocycles. The minimum Gasteiger partial charge on any atom is -0.462 e. The number of nitro benzene ring substituents is 1. The van der Waals surface area contributed by atoms with Crippen LogP contribution < -0.4 is 9.47 Å². The van der Waals surface area contributed by atoms with Gasteiger partial charge in [0.25, 0.3) is 5.69 Å². The highest BCUT2D eigenvalue weighted by Crippen LogP contribution is 2.27. The Morgan fingerprint density at radius 2 is 1.71 bits per heavy atom. The van der Waals surface area contributed by atoms with Crippen molar-refractivity contribution in [3.63, 3.8) is 0 Å². The zero-order chi connectivity index (χ0) is 22.5. The second-order valence-electron chi connectivity index (χ2n) is 6.46. The Bertz CT molecular complexity index is 912. The molecule has 1 aliphatic rings. The van der Waals surface area contributed by atoms with Gasteiger partial charge in [0.15, 0.2) is 12.2 Å². The van der Waals surface area contributed by atoms with Gasteiger partial charge in [-0.15, -0.1) is 0 Å². The molecule has 5 atom stereocenters. The summed E-state index contributed by atoms with van der Waals surface area (Å²) >= 11 is 10.8. The summed E-state index contributed by atoms with van der Waals surface area (Å²) in [6.45, 7) is -0.579. The van der Waals surface area contributed by atoms with Crippen molar-refractivity contribution in [2.24, 2.45) is 0 Å². The van der Waals surface area contributed by atoms with Gasteiger partial charge in [0.2, 0.25) is 6.29 Å². The van der Waals surface area contributed by atoms with Gasteiger partial charge in [0.1, 0.15) is 23.7 Å². The molecule has 1 aliphatic heterocycles. The Morgan fingerprint density at radius 3 is 2.29 bits per heavy atom. The molecule has 10 nitrogen and oxygen atoms in total. The summed E-state index contributed by atoms with van der Waals surface area (Å²) in [4.78, 5) is 10.1. The summed E-state index contributed by atoms with van der Waals surface area (Å²) in [6.07, 6.45) is -6.74. The van der Waals surface area contributed by atoms with Crippen LogP contribution in [0.4, 0.5) is 5.69 Å². The highest BCUT2D eigenvalue weighted by Gasteiger charge is 2.47. The fourth-order valence-corrected chi connectivity index (χ4v) is 3.14. The maximum Gasteiger partial charge on any atom is 0.358 e. The van der Waals surface area contributed by atoms with E-state index in [1.54, 1.807) is 24.3 Å². The Morgan fingerprint density at radius 1 is 1.10 bits per heavy atom. The molecular formula is C19H18ClNO9S. The molecule has 0 saturated carbocycles. The smallest absolute Gasteiger partial charge is 0.358 e. The Balaban J connectivity index is 1.68. The minimum atomic E-state index is -1.51. The largest absolute Gasteiger partial charge is 0.462 e. The summed E-state index contributed by atoms with van der Waals surface area (Å²) in [5.41, 5.74) is -0.137. The third-order valence-corrected chi connectivity index (χ3v) is 4.80. The lowest BCUT2D eigenvalue weighted by atomic mass is 9.99. The van der Waals surface area contributed by atoms with Crippen molar-refractivity contribution in [3.05, 3.63) is 63.7 Å². The van der Waals surface area contributed by atoms with Gasteiger partial charge in [0.05, 0.1) is 11.5 Å². The number of thiocarbonyl (C=S) groups is 1. The molecule has 1 heterocycles. The SMILES string of the molecule is O=[N+]([O-])c1ccc(OC(=S)O[C@@H]2[C@H](O)[C@H](Oc3ccc(Cl)cc3)O[C@H](CO)[C@H]2O)cc1. The lowest BCUT2D eigenvalue weighted by Crippen LogP contribution is -2.61. The van der Waals surface area contributed by atoms with Crippen LogP contribution >= 0.6 is 23.8 Å². The molecular weight excluding hydrogens is 454 g/mol. The van der Waals surface area contributed by atoms with Gasteiger partial charge in [-0.05, 0) is 36.4 Å². The molecule has 1 fully saturated rings. The summed E-state index contributed by atoms with van der Waals surface area (Å²) < 4.78 is 21.7. The molecule has 31 heavy (non-hydrogen) atoms. The summed E-state index contributed by atoms with van der Waals surface area (Å²) in [7, 11) is 0. The van der Waals surface area contributed by atoms with Crippen molar-refractivity contribution in [3.8, 4) is 11.5 Å². The number of benzene rings is 2. The van der Waals surface area contributed by atoms with Gasteiger partial charge in [-0.25, -0.2) is 0 Å². The van der Waals surface area contributed by atoms with Crippen molar-refractivity contribution in [2.45, 2.75) is 30.7 Å². The first kappa shape index (κ1) is 23.1. The number of hydrogen-bond donors (Lipinski definition) is 3. The topological polar surface area (TPSA) is 141 Å². The molecule has 2 aromatic rings. The van der Waals surface area contributed by atoms with Crippen molar-refractivity contribution >= 4 is 34.7 Å². The Labute approximate surface area is 186 Å². The highest BCUT2D eigenvalue weighted by molar-refractivity contribution is 7.79. The van der Waals surface area contributed by atoms with Crippen molar-refractivity contribution < 1.29 is 39.2 Å². The average Bonchev–Trinajstić information content (AvgIpc) is 2.75. The first-order chi connectivity index (χ1) is 14.8. The van der Waals surface area contributed by atoms with E-state index >= 15 is 0 Å². The minimum absolute atomic E-state index is 0.137. The van der Waals surface area contributed by atoms with Crippen LogP contribution in [0.25, 0.3) is 0 Å². The zero-order valence-corrected chi connectivity index (χ0v) is 17.3. The monoisotopic (exact) mass is 471 g/mol. The molecule has 3 N–H and O–H groups in total. The molecule has 0 aliphatic carbocycles. The van der Waals surface area contributed by atoms with E-state index in [4.69, 9.17) is 42.8 Å². The predicted molar refractivity (Wildman–Crippen MR) is 111 cm³/mol. The number of nitrogens with zero attached hydrogens (tertiary/aromatic N) is 1. The third kappa shape index (κ3) is 5.79. The molecule has 1 saturated heterocycles. The first-order valence-electron chi connectivity index (χ1n) is 8.96. The van der Waals surface area contributed by atoms with Crippen molar-refractivity contribution in [1.82, 2.24) is 0 Å². The maximum atomic E-state index is 10.7. The fourth-order valence-electron chi connectivity index (χ4n) is 2.80. The quantitative estimate of drug-likeness (QED) is 0.324. The van der Waals surface area contributed by atoms with Gasteiger partial charge in [0, 0.05) is 29.4 Å². The zero-order valence-electron chi connectivity index (χ0n) is 15.7. The van der Waals surface area contributed by atoms with Gasteiger partial charge < -0.3 is 34.3 Å². The van der Waals surface area contributed by atoms with Crippen LogP contribution in [0.3, 0.4) is 0 Å². The van der Waals surface area contributed by atoms with Gasteiger partial charge >= 0.3 is 5.24 Å². The van der Waals surface area contributed by atoms with Gasteiger partial charge in [-0.3, -0.25) is 10.1 Å². The average molecular weight is 472 g/mol. The van der Waals surface area contributed by atoms with Crippen LogP contribution in [-0.2, 0) is 9.47 Å². The molecule has 0 unspecified atom stereocenters. The Hall–Kier alpha value is -2.54. The lowest BCUT2D eigenvalue weighted by molar-refractivity contribution is -0.384.